The van der Waals surface area contributed by atoms with E-state index >= 15 is 0 Å². The molecule has 0 saturated carbocycles. The molecule has 0 aromatic heterocycles. The maximum atomic E-state index is 12.8. The third-order valence-electron chi connectivity index (χ3n) is 4.55. The number of hydrogen-bond acceptors (Lipinski definition) is 4. The summed E-state index contributed by atoms with van der Waals surface area (Å²) in [7, 11) is 0. The molecule has 7 heteroatoms. The summed E-state index contributed by atoms with van der Waals surface area (Å²) < 4.78 is 0. The Labute approximate surface area is 170 Å². The quantitative estimate of drug-likeness (QED) is 0.425. The SMILES string of the molecule is NCCCC[C@H](NC(=O)c1ccccc1)C(=O)N[C@@H](Cc1ccccc1)C(N)=O. The first-order chi connectivity index (χ1) is 14.0. The highest BCUT2D eigenvalue weighted by molar-refractivity contribution is 5.98. The number of carbonyl (C=O) groups excluding carboxylic acids is 3. The highest BCUT2D eigenvalue weighted by Gasteiger charge is 2.26. The van der Waals surface area contributed by atoms with Gasteiger partial charge in [-0.05, 0) is 43.5 Å². The van der Waals surface area contributed by atoms with Gasteiger partial charge in [0.2, 0.25) is 11.8 Å². The van der Waals surface area contributed by atoms with Gasteiger partial charge in [-0.1, -0.05) is 48.5 Å². The molecular weight excluding hydrogens is 368 g/mol. The number of benzene rings is 2. The number of hydrogen-bond donors (Lipinski definition) is 4. The zero-order valence-corrected chi connectivity index (χ0v) is 16.3. The predicted molar refractivity (Wildman–Crippen MR) is 112 cm³/mol. The highest BCUT2D eigenvalue weighted by Crippen LogP contribution is 2.07. The van der Waals surface area contributed by atoms with Crippen LogP contribution in [0.4, 0.5) is 0 Å². The number of carbonyl (C=O) groups is 3. The maximum absolute atomic E-state index is 12.8. The summed E-state index contributed by atoms with van der Waals surface area (Å²) in [5, 5.41) is 5.45. The predicted octanol–water partition coefficient (Wildman–Crippen LogP) is 1.13. The van der Waals surface area contributed by atoms with Crippen LogP contribution in [-0.2, 0) is 16.0 Å². The van der Waals surface area contributed by atoms with E-state index in [1.54, 1.807) is 24.3 Å². The molecular formula is C22H28N4O3. The van der Waals surface area contributed by atoms with Crippen molar-refractivity contribution < 1.29 is 14.4 Å². The second-order valence-corrected chi connectivity index (χ2v) is 6.83. The van der Waals surface area contributed by atoms with E-state index < -0.39 is 23.9 Å². The van der Waals surface area contributed by atoms with Crippen LogP contribution >= 0.6 is 0 Å². The molecule has 0 spiro atoms. The van der Waals surface area contributed by atoms with Gasteiger partial charge in [0.25, 0.3) is 5.91 Å². The van der Waals surface area contributed by atoms with Gasteiger partial charge in [0, 0.05) is 12.0 Å². The van der Waals surface area contributed by atoms with E-state index in [0.29, 0.717) is 24.9 Å². The summed E-state index contributed by atoms with van der Waals surface area (Å²) in [5.41, 5.74) is 12.4. The number of nitrogens with one attached hydrogen (secondary N) is 2. The molecule has 2 aromatic carbocycles. The zero-order chi connectivity index (χ0) is 21.1. The van der Waals surface area contributed by atoms with Crippen molar-refractivity contribution in [2.24, 2.45) is 11.5 Å². The van der Waals surface area contributed by atoms with E-state index in [2.05, 4.69) is 10.6 Å². The second-order valence-electron chi connectivity index (χ2n) is 6.83. The van der Waals surface area contributed by atoms with Crippen LogP contribution in [0, 0.1) is 0 Å². The molecule has 2 rings (SSSR count). The number of rotatable bonds is 11. The lowest BCUT2D eigenvalue weighted by atomic mass is 10.0. The Morgan fingerprint density at radius 2 is 1.45 bits per heavy atom. The monoisotopic (exact) mass is 396 g/mol. The molecule has 2 aromatic rings. The van der Waals surface area contributed by atoms with Gasteiger partial charge in [0.1, 0.15) is 12.1 Å². The van der Waals surface area contributed by atoms with Crippen LogP contribution in [0.25, 0.3) is 0 Å². The van der Waals surface area contributed by atoms with E-state index in [1.165, 1.54) is 0 Å². The average Bonchev–Trinajstić information content (AvgIpc) is 2.73. The molecule has 0 fully saturated rings. The van der Waals surface area contributed by atoms with Crippen LogP contribution in [0.3, 0.4) is 0 Å². The number of amides is 3. The average molecular weight is 396 g/mol. The molecule has 0 bridgehead atoms. The second kappa shape index (κ2) is 11.6. The largest absolute Gasteiger partial charge is 0.368 e. The van der Waals surface area contributed by atoms with Crippen molar-refractivity contribution in [2.75, 3.05) is 6.54 Å². The molecule has 2 atom stereocenters. The van der Waals surface area contributed by atoms with E-state index in [-0.39, 0.29) is 12.3 Å². The summed E-state index contributed by atoms with van der Waals surface area (Å²) in [6.07, 6.45) is 2.10. The molecule has 154 valence electrons. The topological polar surface area (TPSA) is 127 Å². The van der Waals surface area contributed by atoms with Crippen molar-refractivity contribution >= 4 is 17.7 Å². The number of nitrogens with two attached hydrogens (primary N) is 2. The smallest absolute Gasteiger partial charge is 0.251 e. The van der Waals surface area contributed by atoms with Gasteiger partial charge in [-0.2, -0.15) is 0 Å². The van der Waals surface area contributed by atoms with Gasteiger partial charge in [-0.15, -0.1) is 0 Å². The lowest BCUT2D eigenvalue weighted by molar-refractivity contribution is -0.128. The fourth-order valence-electron chi connectivity index (χ4n) is 2.94. The van der Waals surface area contributed by atoms with Crippen molar-refractivity contribution in [3.8, 4) is 0 Å². The standard InChI is InChI=1S/C22H28N4O3/c23-14-8-7-13-18(25-21(28)17-11-5-2-6-12-17)22(29)26-19(20(24)27)15-16-9-3-1-4-10-16/h1-6,9-12,18-19H,7-8,13-15,23H2,(H2,24,27)(H,25,28)(H,26,29)/t18-,19-/m0/s1. The van der Waals surface area contributed by atoms with Crippen molar-refractivity contribution in [3.05, 3.63) is 71.8 Å². The Morgan fingerprint density at radius 3 is 2.03 bits per heavy atom. The third kappa shape index (κ3) is 7.38. The minimum atomic E-state index is -0.865. The van der Waals surface area contributed by atoms with Gasteiger partial charge >= 0.3 is 0 Å². The van der Waals surface area contributed by atoms with Crippen molar-refractivity contribution in [1.82, 2.24) is 10.6 Å². The minimum Gasteiger partial charge on any atom is -0.368 e. The fraction of sp³-hybridized carbons (Fsp3) is 0.318. The summed E-state index contributed by atoms with van der Waals surface area (Å²) in [4.78, 5) is 37.2. The van der Waals surface area contributed by atoms with Gasteiger partial charge < -0.3 is 22.1 Å². The molecule has 0 aliphatic rings. The van der Waals surface area contributed by atoms with E-state index in [4.69, 9.17) is 11.5 Å². The Bertz CT molecular complexity index is 796. The van der Waals surface area contributed by atoms with Crippen molar-refractivity contribution in [3.63, 3.8) is 0 Å². The van der Waals surface area contributed by atoms with E-state index in [1.807, 2.05) is 36.4 Å². The first kappa shape index (κ1) is 22.1. The fourth-order valence-corrected chi connectivity index (χ4v) is 2.94. The lowest BCUT2D eigenvalue weighted by Gasteiger charge is -2.22. The van der Waals surface area contributed by atoms with Crippen LogP contribution in [0.1, 0.15) is 35.2 Å². The summed E-state index contributed by atoms with van der Waals surface area (Å²) in [6, 6.07) is 16.3. The number of primary amides is 1. The van der Waals surface area contributed by atoms with E-state index in [0.717, 1.165) is 12.0 Å². The van der Waals surface area contributed by atoms with Crippen molar-refractivity contribution in [2.45, 2.75) is 37.8 Å². The maximum Gasteiger partial charge on any atom is 0.251 e. The molecule has 3 amide bonds. The Hall–Kier alpha value is -3.19. The molecule has 0 heterocycles. The molecule has 29 heavy (non-hydrogen) atoms. The van der Waals surface area contributed by atoms with Gasteiger partial charge in [-0.3, -0.25) is 14.4 Å². The Morgan fingerprint density at radius 1 is 0.828 bits per heavy atom. The zero-order valence-electron chi connectivity index (χ0n) is 16.3. The molecule has 0 aliphatic heterocycles. The highest BCUT2D eigenvalue weighted by atomic mass is 16.2. The van der Waals surface area contributed by atoms with Crippen LogP contribution in [0.2, 0.25) is 0 Å². The molecule has 0 unspecified atom stereocenters. The van der Waals surface area contributed by atoms with Crippen LogP contribution < -0.4 is 22.1 Å². The first-order valence-electron chi connectivity index (χ1n) is 9.71. The molecule has 0 aliphatic carbocycles. The van der Waals surface area contributed by atoms with Gasteiger partial charge in [0.15, 0.2) is 0 Å². The Balaban J connectivity index is 2.07. The summed E-state index contributed by atoms with van der Waals surface area (Å²) in [5.74, 6) is -1.42. The van der Waals surface area contributed by atoms with Gasteiger partial charge in [-0.25, -0.2) is 0 Å². The van der Waals surface area contributed by atoms with Crippen LogP contribution in [-0.4, -0.2) is 36.3 Å². The summed E-state index contributed by atoms with van der Waals surface area (Å²) >= 11 is 0. The van der Waals surface area contributed by atoms with Crippen LogP contribution in [0.5, 0.6) is 0 Å². The van der Waals surface area contributed by atoms with Gasteiger partial charge in [0.05, 0.1) is 0 Å². The lowest BCUT2D eigenvalue weighted by Crippen LogP contribution is -2.53. The summed E-state index contributed by atoms with van der Waals surface area (Å²) in [6.45, 7) is 0.499. The molecule has 6 N–H and O–H groups in total. The first-order valence-corrected chi connectivity index (χ1v) is 9.71. The molecule has 7 nitrogen and oxygen atoms in total. The minimum absolute atomic E-state index is 0.282. The Kier molecular flexibility index (Phi) is 8.85. The van der Waals surface area contributed by atoms with Crippen molar-refractivity contribution in [1.29, 1.82) is 0 Å². The number of unbranched alkanes of at least 4 members (excludes halogenated alkanes) is 1. The molecule has 0 radical (unpaired) electrons. The van der Waals surface area contributed by atoms with Crippen LogP contribution in [0.15, 0.2) is 60.7 Å². The molecule has 0 saturated heterocycles. The normalized spacial score (nSPS) is 12.6. The van der Waals surface area contributed by atoms with E-state index in [9.17, 15) is 14.4 Å². The third-order valence-corrected chi connectivity index (χ3v) is 4.55.